The van der Waals surface area contributed by atoms with Crippen molar-refractivity contribution in [1.82, 2.24) is 10.3 Å². The van der Waals surface area contributed by atoms with E-state index in [4.69, 9.17) is 9.47 Å². The fraction of sp³-hybridized carbons (Fsp3) is 0.583. The Morgan fingerprint density at radius 3 is 3.00 bits per heavy atom. The molecule has 2 aliphatic rings. The topological polar surface area (TPSA) is 43.4 Å². The molecule has 0 unspecified atom stereocenters. The number of pyridine rings is 1. The molecule has 1 aliphatic carbocycles. The molecular weight excluding hydrogens is 204 g/mol. The lowest BCUT2D eigenvalue weighted by atomic mass is 10.2. The molecular formula is C12H16N2O2. The molecule has 4 nitrogen and oxygen atoms in total. The zero-order chi connectivity index (χ0) is 10.8. The third-order valence-corrected chi connectivity index (χ3v) is 2.92. The molecule has 16 heavy (non-hydrogen) atoms. The molecule has 0 atom stereocenters. The lowest BCUT2D eigenvalue weighted by Crippen LogP contribution is -2.38. The third kappa shape index (κ3) is 2.33. The van der Waals surface area contributed by atoms with E-state index in [0.29, 0.717) is 19.3 Å². The van der Waals surface area contributed by atoms with Crippen molar-refractivity contribution in [2.45, 2.75) is 31.5 Å². The second-order valence-electron chi connectivity index (χ2n) is 4.42. The van der Waals surface area contributed by atoms with E-state index in [0.717, 1.165) is 17.9 Å². The van der Waals surface area contributed by atoms with Crippen molar-refractivity contribution in [3.63, 3.8) is 0 Å². The molecule has 1 N–H and O–H groups in total. The molecule has 1 saturated carbocycles. The molecule has 0 aromatic carbocycles. The van der Waals surface area contributed by atoms with Crippen molar-refractivity contribution in [1.29, 1.82) is 0 Å². The molecule has 0 radical (unpaired) electrons. The van der Waals surface area contributed by atoms with Crippen LogP contribution in [0.1, 0.15) is 18.4 Å². The van der Waals surface area contributed by atoms with Crippen LogP contribution in [-0.2, 0) is 11.3 Å². The van der Waals surface area contributed by atoms with Gasteiger partial charge < -0.3 is 14.8 Å². The average Bonchev–Trinajstić information content (AvgIpc) is 3.05. The van der Waals surface area contributed by atoms with Crippen LogP contribution >= 0.6 is 0 Å². The van der Waals surface area contributed by atoms with Crippen LogP contribution in [0.3, 0.4) is 0 Å². The van der Waals surface area contributed by atoms with E-state index < -0.39 is 0 Å². The molecule has 2 heterocycles. The summed E-state index contributed by atoms with van der Waals surface area (Å²) in [6, 6.07) is 2.64. The molecule has 1 aromatic rings. The number of nitrogens with zero attached hydrogens (tertiary/aromatic N) is 1. The van der Waals surface area contributed by atoms with Crippen LogP contribution < -0.4 is 10.1 Å². The van der Waals surface area contributed by atoms with Crippen molar-refractivity contribution in [2.24, 2.45) is 0 Å². The third-order valence-electron chi connectivity index (χ3n) is 2.92. The first-order valence-corrected chi connectivity index (χ1v) is 5.82. The highest BCUT2D eigenvalue weighted by atomic mass is 16.6. The summed E-state index contributed by atoms with van der Waals surface area (Å²) in [6.45, 7) is 2.26. The van der Waals surface area contributed by atoms with Gasteiger partial charge in [-0.2, -0.15) is 0 Å². The lowest BCUT2D eigenvalue weighted by Gasteiger charge is -2.27. The Bertz CT molecular complexity index is 362. The second kappa shape index (κ2) is 4.39. The largest absolute Gasteiger partial charge is 0.485 e. The number of rotatable bonds is 5. The molecule has 0 amide bonds. The van der Waals surface area contributed by atoms with Crippen LogP contribution in [-0.4, -0.2) is 30.3 Å². The summed E-state index contributed by atoms with van der Waals surface area (Å²) in [5.74, 6) is 0.941. The van der Waals surface area contributed by atoms with E-state index in [1.54, 1.807) is 6.20 Å². The lowest BCUT2D eigenvalue weighted by molar-refractivity contribution is -0.0800. The summed E-state index contributed by atoms with van der Waals surface area (Å²) in [7, 11) is 0. The maximum absolute atomic E-state index is 5.83. The molecule has 1 aromatic heterocycles. The number of ether oxygens (including phenoxy) is 2. The SMILES string of the molecule is c1cc(OC2COC2)c(CNC2CC2)cn1. The number of aromatic nitrogens is 1. The standard InChI is InChI=1S/C12H16N2O2/c1-2-10(1)14-6-9-5-13-4-3-12(9)16-11-7-15-8-11/h3-5,10-11,14H,1-2,6-8H2. The van der Waals surface area contributed by atoms with Gasteiger partial charge in [0.05, 0.1) is 13.2 Å². The van der Waals surface area contributed by atoms with Crippen LogP contribution in [0.5, 0.6) is 5.75 Å². The van der Waals surface area contributed by atoms with E-state index in [9.17, 15) is 0 Å². The minimum Gasteiger partial charge on any atom is -0.485 e. The summed E-state index contributed by atoms with van der Waals surface area (Å²) in [5, 5.41) is 3.47. The highest BCUT2D eigenvalue weighted by Crippen LogP contribution is 2.23. The van der Waals surface area contributed by atoms with Gasteiger partial charge in [-0.1, -0.05) is 0 Å². The fourth-order valence-corrected chi connectivity index (χ4v) is 1.67. The van der Waals surface area contributed by atoms with E-state index in [2.05, 4.69) is 10.3 Å². The van der Waals surface area contributed by atoms with Gasteiger partial charge in [0.2, 0.25) is 0 Å². The van der Waals surface area contributed by atoms with Crippen molar-refractivity contribution in [3.05, 3.63) is 24.0 Å². The van der Waals surface area contributed by atoms with E-state index in [-0.39, 0.29) is 6.10 Å². The van der Waals surface area contributed by atoms with Gasteiger partial charge in [0.15, 0.2) is 0 Å². The summed E-state index contributed by atoms with van der Waals surface area (Å²) in [5.41, 5.74) is 1.14. The minimum absolute atomic E-state index is 0.224. The molecule has 3 rings (SSSR count). The molecule has 1 saturated heterocycles. The Morgan fingerprint density at radius 1 is 1.44 bits per heavy atom. The van der Waals surface area contributed by atoms with Crippen LogP contribution in [0.25, 0.3) is 0 Å². The van der Waals surface area contributed by atoms with Crippen LogP contribution in [0, 0.1) is 0 Å². The van der Waals surface area contributed by atoms with Gasteiger partial charge in [-0.3, -0.25) is 4.98 Å². The smallest absolute Gasteiger partial charge is 0.145 e. The minimum atomic E-state index is 0.224. The predicted octanol–water partition coefficient (Wildman–Crippen LogP) is 1.11. The Labute approximate surface area is 95.0 Å². The molecule has 1 aliphatic heterocycles. The predicted molar refractivity (Wildman–Crippen MR) is 59.3 cm³/mol. The van der Waals surface area contributed by atoms with Gasteiger partial charge in [-0.25, -0.2) is 0 Å². The molecule has 0 spiro atoms. The highest BCUT2D eigenvalue weighted by molar-refractivity contribution is 5.30. The zero-order valence-corrected chi connectivity index (χ0v) is 9.19. The Morgan fingerprint density at radius 2 is 2.31 bits per heavy atom. The monoisotopic (exact) mass is 220 g/mol. The average molecular weight is 220 g/mol. The van der Waals surface area contributed by atoms with Crippen molar-refractivity contribution >= 4 is 0 Å². The quantitative estimate of drug-likeness (QED) is 0.807. The maximum atomic E-state index is 5.83. The van der Waals surface area contributed by atoms with Crippen molar-refractivity contribution < 1.29 is 9.47 Å². The number of nitrogens with one attached hydrogen (secondary N) is 1. The van der Waals surface area contributed by atoms with E-state index >= 15 is 0 Å². The Balaban J connectivity index is 1.63. The number of hydrogen-bond donors (Lipinski definition) is 1. The molecule has 4 heteroatoms. The highest BCUT2D eigenvalue weighted by Gasteiger charge is 2.23. The zero-order valence-electron chi connectivity index (χ0n) is 9.19. The van der Waals surface area contributed by atoms with Gasteiger partial charge >= 0.3 is 0 Å². The second-order valence-corrected chi connectivity index (χ2v) is 4.42. The van der Waals surface area contributed by atoms with Gasteiger partial charge in [0, 0.05) is 30.5 Å². The first kappa shape index (κ1) is 10.1. The molecule has 86 valence electrons. The van der Waals surface area contributed by atoms with Gasteiger partial charge in [-0.05, 0) is 18.9 Å². The number of hydrogen-bond acceptors (Lipinski definition) is 4. The van der Waals surface area contributed by atoms with E-state index in [1.165, 1.54) is 12.8 Å². The first-order chi connectivity index (χ1) is 7.92. The van der Waals surface area contributed by atoms with Crippen LogP contribution in [0.2, 0.25) is 0 Å². The van der Waals surface area contributed by atoms with Crippen molar-refractivity contribution in [3.8, 4) is 5.75 Å². The molecule has 2 fully saturated rings. The van der Waals surface area contributed by atoms with E-state index in [1.807, 2.05) is 12.3 Å². The first-order valence-electron chi connectivity index (χ1n) is 5.82. The summed E-state index contributed by atoms with van der Waals surface area (Å²) in [4.78, 5) is 4.14. The van der Waals surface area contributed by atoms with Gasteiger partial charge in [-0.15, -0.1) is 0 Å². The normalized spacial score (nSPS) is 20.5. The maximum Gasteiger partial charge on any atom is 0.145 e. The van der Waals surface area contributed by atoms with Gasteiger partial charge in [0.1, 0.15) is 11.9 Å². The van der Waals surface area contributed by atoms with Crippen LogP contribution in [0.15, 0.2) is 18.5 Å². The summed E-state index contributed by atoms with van der Waals surface area (Å²) >= 11 is 0. The van der Waals surface area contributed by atoms with Gasteiger partial charge in [0.25, 0.3) is 0 Å². The Kier molecular flexibility index (Phi) is 2.76. The summed E-state index contributed by atoms with van der Waals surface area (Å²) < 4.78 is 10.9. The molecule has 0 bridgehead atoms. The fourth-order valence-electron chi connectivity index (χ4n) is 1.67. The van der Waals surface area contributed by atoms with Crippen LogP contribution in [0.4, 0.5) is 0 Å². The summed E-state index contributed by atoms with van der Waals surface area (Å²) in [6.07, 6.45) is 6.47. The Hall–Kier alpha value is -1.13. The van der Waals surface area contributed by atoms with Crippen molar-refractivity contribution in [2.75, 3.05) is 13.2 Å².